The largest absolute Gasteiger partial charge is 0.465 e. The third-order valence-electron chi connectivity index (χ3n) is 2.90. The number of ketones is 1. The molecule has 1 rings (SSSR count). The Kier molecular flexibility index (Phi) is 4.54. The van der Waals surface area contributed by atoms with Crippen molar-refractivity contribution in [1.82, 2.24) is 9.80 Å². The van der Waals surface area contributed by atoms with Crippen molar-refractivity contribution in [2.24, 2.45) is 5.92 Å². The Labute approximate surface area is 102 Å². The van der Waals surface area contributed by atoms with E-state index in [1.54, 1.807) is 13.1 Å². The predicted octanol–water partition coefficient (Wildman–Crippen LogP) is 1.41. The molecular formula is C12H20N2O3. The van der Waals surface area contributed by atoms with E-state index in [0.29, 0.717) is 18.7 Å². The number of carbonyl (C=O) groups excluding carboxylic acids is 1. The Bertz CT molecular complexity index is 337. The van der Waals surface area contributed by atoms with Crippen molar-refractivity contribution in [3.63, 3.8) is 0 Å². The van der Waals surface area contributed by atoms with Crippen LogP contribution in [0.3, 0.4) is 0 Å². The molecule has 0 aromatic rings. The smallest absolute Gasteiger partial charge is 0.407 e. The third kappa shape index (κ3) is 3.76. The first-order valence-corrected chi connectivity index (χ1v) is 5.78. The highest BCUT2D eigenvalue weighted by Gasteiger charge is 2.28. The minimum absolute atomic E-state index is 0.0599. The Morgan fingerprint density at radius 3 is 2.59 bits per heavy atom. The molecule has 1 N–H and O–H groups in total. The van der Waals surface area contributed by atoms with Crippen LogP contribution in [0.1, 0.15) is 19.8 Å². The minimum atomic E-state index is -0.934. The molecule has 96 valence electrons. The summed E-state index contributed by atoms with van der Waals surface area (Å²) in [5, 5.41) is 8.91. The molecule has 5 heteroatoms. The zero-order valence-corrected chi connectivity index (χ0v) is 10.6. The number of allylic oxidation sites excluding steroid dienone is 1. The summed E-state index contributed by atoms with van der Waals surface area (Å²) < 4.78 is 0. The maximum atomic E-state index is 12.1. The number of amides is 1. The Hall–Kier alpha value is -1.52. The highest BCUT2D eigenvalue weighted by Crippen LogP contribution is 2.20. The fourth-order valence-corrected chi connectivity index (χ4v) is 2.14. The molecule has 0 bridgehead atoms. The SMILES string of the molecule is C/C(=C/N(C)C)C(=O)C1CCCN(C(=O)O)C1. The molecule has 0 aromatic carbocycles. The number of carbonyl (C=O) groups is 2. The van der Waals surface area contributed by atoms with Gasteiger partial charge in [0, 0.05) is 44.9 Å². The zero-order valence-electron chi connectivity index (χ0n) is 10.6. The molecule has 0 spiro atoms. The van der Waals surface area contributed by atoms with Gasteiger partial charge in [0.05, 0.1) is 0 Å². The Morgan fingerprint density at radius 1 is 1.41 bits per heavy atom. The van der Waals surface area contributed by atoms with Crippen LogP contribution in [-0.4, -0.2) is 54.0 Å². The van der Waals surface area contributed by atoms with E-state index in [4.69, 9.17) is 5.11 Å². The highest BCUT2D eigenvalue weighted by molar-refractivity contribution is 5.96. The average molecular weight is 240 g/mol. The van der Waals surface area contributed by atoms with Crippen LogP contribution in [0.15, 0.2) is 11.8 Å². The van der Waals surface area contributed by atoms with Gasteiger partial charge in [-0.05, 0) is 19.8 Å². The van der Waals surface area contributed by atoms with E-state index >= 15 is 0 Å². The van der Waals surface area contributed by atoms with E-state index in [1.165, 1.54) is 4.90 Å². The molecule has 1 atom stereocenters. The van der Waals surface area contributed by atoms with Gasteiger partial charge in [0.15, 0.2) is 5.78 Å². The summed E-state index contributed by atoms with van der Waals surface area (Å²) in [5.74, 6) is -0.124. The number of likely N-dealkylation sites (tertiary alicyclic amines) is 1. The molecule has 0 aliphatic carbocycles. The fraction of sp³-hybridized carbons (Fsp3) is 0.667. The third-order valence-corrected chi connectivity index (χ3v) is 2.90. The molecule has 0 saturated carbocycles. The van der Waals surface area contributed by atoms with E-state index in [1.807, 2.05) is 19.0 Å². The number of piperidine rings is 1. The van der Waals surface area contributed by atoms with E-state index in [0.717, 1.165) is 12.8 Å². The van der Waals surface area contributed by atoms with E-state index < -0.39 is 6.09 Å². The number of Topliss-reactive ketones (excluding diaryl/α,β-unsaturated/α-hetero) is 1. The quantitative estimate of drug-likeness (QED) is 0.758. The maximum absolute atomic E-state index is 12.1. The lowest BCUT2D eigenvalue weighted by molar-refractivity contribution is -0.120. The molecule has 1 aliphatic heterocycles. The second kappa shape index (κ2) is 5.70. The number of carboxylic acid groups (broad SMARTS) is 1. The van der Waals surface area contributed by atoms with E-state index in [-0.39, 0.29) is 11.7 Å². The van der Waals surface area contributed by atoms with Gasteiger partial charge in [-0.25, -0.2) is 4.79 Å². The van der Waals surface area contributed by atoms with Crippen molar-refractivity contribution < 1.29 is 14.7 Å². The normalized spacial score (nSPS) is 21.2. The molecular weight excluding hydrogens is 220 g/mol. The van der Waals surface area contributed by atoms with Crippen LogP contribution in [-0.2, 0) is 4.79 Å². The summed E-state index contributed by atoms with van der Waals surface area (Å²) in [7, 11) is 3.72. The first-order chi connectivity index (χ1) is 7.91. The fourth-order valence-electron chi connectivity index (χ4n) is 2.14. The monoisotopic (exact) mass is 240 g/mol. The van der Waals surface area contributed by atoms with Gasteiger partial charge in [-0.3, -0.25) is 4.79 Å². The van der Waals surface area contributed by atoms with Gasteiger partial charge in [0.25, 0.3) is 0 Å². The van der Waals surface area contributed by atoms with Gasteiger partial charge >= 0.3 is 6.09 Å². The van der Waals surface area contributed by atoms with Gasteiger partial charge in [-0.1, -0.05) is 0 Å². The number of nitrogens with zero attached hydrogens (tertiary/aromatic N) is 2. The molecule has 17 heavy (non-hydrogen) atoms. The first kappa shape index (κ1) is 13.5. The van der Waals surface area contributed by atoms with Crippen molar-refractivity contribution in [1.29, 1.82) is 0 Å². The van der Waals surface area contributed by atoms with Crippen molar-refractivity contribution in [3.05, 3.63) is 11.8 Å². The van der Waals surface area contributed by atoms with Crippen molar-refractivity contribution in [2.75, 3.05) is 27.2 Å². The summed E-state index contributed by atoms with van der Waals surface area (Å²) >= 11 is 0. The van der Waals surface area contributed by atoms with Crippen molar-refractivity contribution in [2.45, 2.75) is 19.8 Å². The van der Waals surface area contributed by atoms with Crippen molar-refractivity contribution in [3.8, 4) is 0 Å². The summed E-state index contributed by atoms with van der Waals surface area (Å²) in [4.78, 5) is 26.1. The van der Waals surface area contributed by atoms with Crippen LogP contribution < -0.4 is 0 Å². The van der Waals surface area contributed by atoms with Crippen LogP contribution >= 0.6 is 0 Å². The number of hydrogen-bond donors (Lipinski definition) is 1. The van der Waals surface area contributed by atoms with Crippen LogP contribution in [0.4, 0.5) is 4.79 Å². The second-order valence-corrected chi connectivity index (χ2v) is 4.71. The lowest BCUT2D eigenvalue weighted by Crippen LogP contribution is -2.41. The van der Waals surface area contributed by atoms with Gasteiger partial charge in [-0.15, -0.1) is 0 Å². The van der Waals surface area contributed by atoms with Crippen LogP contribution in [0.5, 0.6) is 0 Å². The molecule has 1 aliphatic rings. The van der Waals surface area contributed by atoms with Crippen LogP contribution in [0.2, 0.25) is 0 Å². The molecule has 0 aromatic heterocycles. The number of hydrogen-bond acceptors (Lipinski definition) is 3. The van der Waals surface area contributed by atoms with Gasteiger partial charge in [-0.2, -0.15) is 0 Å². The second-order valence-electron chi connectivity index (χ2n) is 4.71. The zero-order chi connectivity index (χ0) is 13.0. The van der Waals surface area contributed by atoms with Crippen LogP contribution in [0.25, 0.3) is 0 Å². The molecule has 1 amide bonds. The Morgan fingerprint density at radius 2 is 2.06 bits per heavy atom. The summed E-state index contributed by atoms with van der Waals surface area (Å²) in [5.41, 5.74) is 0.687. The molecule has 1 saturated heterocycles. The average Bonchev–Trinajstić information content (AvgIpc) is 2.27. The standard InChI is InChI=1S/C12H20N2O3/c1-9(7-13(2)3)11(15)10-5-4-6-14(8-10)12(16)17/h7,10H,4-6,8H2,1-3H3,(H,16,17)/b9-7-. The lowest BCUT2D eigenvalue weighted by Gasteiger charge is -2.30. The highest BCUT2D eigenvalue weighted by atomic mass is 16.4. The molecule has 5 nitrogen and oxygen atoms in total. The van der Waals surface area contributed by atoms with Gasteiger partial charge in [0.1, 0.15) is 0 Å². The maximum Gasteiger partial charge on any atom is 0.407 e. The van der Waals surface area contributed by atoms with Crippen molar-refractivity contribution >= 4 is 11.9 Å². The van der Waals surface area contributed by atoms with Gasteiger partial charge < -0.3 is 14.9 Å². The first-order valence-electron chi connectivity index (χ1n) is 5.78. The summed E-state index contributed by atoms with van der Waals surface area (Å²) in [6, 6.07) is 0. The molecule has 0 radical (unpaired) electrons. The predicted molar refractivity (Wildman–Crippen MR) is 64.8 cm³/mol. The Balaban J connectivity index is 2.66. The summed E-state index contributed by atoms with van der Waals surface area (Å²) in [6.45, 7) is 2.64. The lowest BCUT2D eigenvalue weighted by atomic mass is 9.91. The van der Waals surface area contributed by atoms with E-state index in [2.05, 4.69) is 0 Å². The molecule has 1 heterocycles. The molecule has 1 fully saturated rings. The van der Waals surface area contributed by atoms with Crippen LogP contribution in [0, 0.1) is 5.92 Å². The van der Waals surface area contributed by atoms with Gasteiger partial charge in [0.2, 0.25) is 0 Å². The summed E-state index contributed by atoms with van der Waals surface area (Å²) in [6.07, 6.45) is 2.39. The number of rotatable bonds is 3. The topological polar surface area (TPSA) is 60.9 Å². The minimum Gasteiger partial charge on any atom is -0.465 e. The van der Waals surface area contributed by atoms with E-state index in [9.17, 15) is 9.59 Å². The molecule has 1 unspecified atom stereocenters.